The van der Waals surface area contributed by atoms with Crippen molar-refractivity contribution in [2.45, 2.75) is 73.5 Å². The molecule has 2 unspecified atom stereocenters. The number of imidazole rings is 1. The summed E-state index contributed by atoms with van der Waals surface area (Å²) in [5.74, 6) is 2.20. The van der Waals surface area contributed by atoms with E-state index in [9.17, 15) is 0 Å². The van der Waals surface area contributed by atoms with Crippen LogP contribution in [0.15, 0.2) is 37.3 Å². The molecule has 0 saturated heterocycles. The first-order chi connectivity index (χ1) is 19.1. The van der Waals surface area contributed by atoms with Gasteiger partial charge in [0.2, 0.25) is 5.95 Å². The first kappa shape index (κ1) is 31.6. The summed E-state index contributed by atoms with van der Waals surface area (Å²) in [6.45, 7) is 23.2. The SMILES string of the molecule is C=C/C(=C\c1c(C)nc(C)n1C(C)C)c1cc(Nc2ncc(CN(CC)C(C)CN(C)CCC)cn2)ncc1P. The van der Waals surface area contributed by atoms with Crippen molar-refractivity contribution in [1.29, 1.82) is 0 Å². The van der Waals surface area contributed by atoms with Crippen LogP contribution in [0.3, 0.4) is 0 Å². The highest BCUT2D eigenvalue weighted by atomic mass is 31.0. The zero-order valence-corrected chi connectivity index (χ0v) is 26.7. The number of pyridine rings is 1. The first-order valence-corrected chi connectivity index (χ1v) is 14.8. The monoisotopic (exact) mass is 562 g/mol. The summed E-state index contributed by atoms with van der Waals surface area (Å²) in [4.78, 5) is 23.3. The maximum atomic E-state index is 4.70. The molecule has 3 aromatic rings. The quantitative estimate of drug-likeness (QED) is 0.197. The lowest BCUT2D eigenvalue weighted by Crippen LogP contribution is -2.40. The fraction of sp³-hybridized carbons (Fsp3) is 0.484. The number of rotatable bonds is 14. The molecule has 1 N–H and O–H groups in total. The molecule has 0 fully saturated rings. The number of nitrogens with zero attached hydrogens (tertiary/aromatic N) is 7. The van der Waals surface area contributed by atoms with Crippen LogP contribution in [0.2, 0.25) is 0 Å². The van der Waals surface area contributed by atoms with Gasteiger partial charge in [-0.3, -0.25) is 4.90 Å². The predicted molar refractivity (Wildman–Crippen MR) is 172 cm³/mol. The average molecular weight is 563 g/mol. The molecule has 8 nitrogen and oxygen atoms in total. The summed E-state index contributed by atoms with van der Waals surface area (Å²) in [6.07, 6.45) is 10.8. The normalized spacial score (nSPS) is 12.9. The third-order valence-corrected chi connectivity index (χ3v) is 7.58. The van der Waals surface area contributed by atoms with E-state index in [4.69, 9.17) is 4.98 Å². The van der Waals surface area contributed by atoms with Gasteiger partial charge in [0, 0.05) is 49.3 Å². The van der Waals surface area contributed by atoms with Gasteiger partial charge in [-0.25, -0.2) is 19.9 Å². The molecular formula is C31H47N8P. The number of allylic oxidation sites excluding steroid dienone is 2. The average Bonchev–Trinajstić information content (AvgIpc) is 3.20. The molecule has 0 bridgehead atoms. The summed E-state index contributed by atoms with van der Waals surface area (Å²) in [5, 5.41) is 4.26. The van der Waals surface area contributed by atoms with E-state index in [1.807, 2.05) is 44.6 Å². The number of aryl methyl sites for hydroxylation is 2. The Morgan fingerprint density at radius 1 is 1.12 bits per heavy atom. The van der Waals surface area contributed by atoms with Crippen molar-refractivity contribution in [2.75, 3.05) is 32.0 Å². The summed E-state index contributed by atoms with van der Waals surface area (Å²) >= 11 is 0. The van der Waals surface area contributed by atoms with Gasteiger partial charge in [0.05, 0.1) is 11.4 Å². The molecule has 3 aromatic heterocycles. The van der Waals surface area contributed by atoms with Crippen molar-refractivity contribution in [3.05, 3.63) is 65.7 Å². The lowest BCUT2D eigenvalue weighted by Gasteiger charge is -2.31. The molecule has 40 heavy (non-hydrogen) atoms. The fourth-order valence-electron chi connectivity index (χ4n) is 5.18. The molecule has 2 atom stereocenters. The van der Waals surface area contributed by atoms with Crippen LogP contribution in [0.4, 0.5) is 11.8 Å². The Balaban J connectivity index is 1.78. The number of nitrogens with one attached hydrogen (secondary N) is 1. The summed E-state index contributed by atoms with van der Waals surface area (Å²) < 4.78 is 2.25. The summed E-state index contributed by atoms with van der Waals surface area (Å²) in [6, 6.07) is 2.77. The molecule has 0 aromatic carbocycles. The van der Waals surface area contributed by atoms with E-state index in [0.29, 0.717) is 23.8 Å². The smallest absolute Gasteiger partial charge is 0.228 e. The van der Waals surface area contributed by atoms with E-state index in [2.05, 4.69) is 98.2 Å². The summed E-state index contributed by atoms with van der Waals surface area (Å²) in [7, 11) is 4.97. The van der Waals surface area contributed by atoms with Crippen LogP contribution in [0.5, 0.6) is 0 Å². The van der Waals surface area contributed by atoms with Gasteiger partial charge in [0.15, 0.2) is 0 Å². The Morgan fingerprint density at radius 3 is 2.42 bits per heavy atom. The fourth-order valence-corrected chi connectivity index (χ4v) is 5.50. The van der Waals surface area contributed by atoms with Crippen LogP contribution in [0, 0.1) is 13.8 Å². The van der Waals surface area contributed by atoms with E-state index < -0.39 is 0 Å². The highest BCUT2D eigenvalue weighted by Gasteiger charge is 2.16. The van der Waals surface area contributed by atoms with Crippen molar-refractivity contribution in [1.82, 2.24) is 34.3 Å². The van der Waals surface area contributed by atoms with Gasteiger partial charge in [-0.1, -0.05) is 26.5 Å². The van der Waals surface area contributed by atoms with Crippen LogP contribution in [-0.2, 0) is 6.54 Å². The zero-order chi connectivity index (χ0) is 29.4. The highest BCUT2D eigenvalue weighted by molar-refractivity contribution is 7.27. The Labute approximate surface area is 243 Å². The van der Waals surface area contributed by atoms with Crippen LogP contribution in [0.25, 0.3) is 11.6 Å². The highest BCUT2D eigenvalue weighted by Crippen LogP contribution is 2.26. The van der Waals surface area contributed by atoms with Gasteiger partial charge in [0.25, 0.3) is 0 Å². The Bertz CT molecular complexity index is 1300. The number of hydrogen-bond acceptors (Lipinski definition) is 7. The minimum atomic E-state index is 0.304. The second kappa shape index (κ2) is 14.6. The van der Waals surface area contributed by atoms with Crippen molar-refractivity contribution >= 4 is 38.0 Å². The van der Waals surface area contributed by atoms with Gasteiger partial charge in [-0.05, 0) is 89.8 Å². The Kier molecular flexibility index (Phi) is 11.6. The van der Waals surface area contributed by atoms with Gasteiger partial charge in [-0.15, -0.1) is 9.24 Å². The van der Waals surface area contributed by atoms with Crippen molar-refractivity contribution < 1.29 is 0 Å². The van der Waals surface area contributed by atoms with Crippen molar-refractivity contribution in [3.8, 4) is 0 Å². The molecule has 0 amide bonds. The van der Waals surface area contributed by atoms with Crippen LogP contribution in [0.1, 0.15) is 75.4 Å². The summed E-state index contributed by atoms with van der Waals surface area (Å²) in [5.41, 5.74) is 5.19. The zero-order valence-electron chi connectivity index (χ0n) is 25.6. The number of anilines is 2. The van der Waals surface area contributed by atoms with E-state index >= 15 is 0 Å². The van der Waals surface area contributed by atoms with Gasteiger partial charge < -0.3 is 14.8 Å². The van der Waals surface area contributed by atoms with Gasteiger partial charge in [-0.2, -0.15) is 0 Å². The molecule has 0 aliphatic carbocycles. The van der Waals surface area contributed by atoms with Crippen LogP contribution in [-0.4, -0.2) is 67.0 Å². The Hall–Kier alpha value is -2.93. The number of hydrogen-bond donors (Lipinski definition) is 1. The van der Waals surface area contributed by atoms with Crippen molar-refractivity contribution in [3.63, 3.8) is 0 Å². The van der Waals surface area contributed by atoms with E-state index in [0.717, 1.165) is 65.4 Å². The van der Waals surface area contributed by atoms with Gasteiger partial charge in [0.1, 0.15) is 11.6 Å². The molecule has 0 radical (unpaired) electrons. The second-order valence-corrected chi connectivity index (χ2v) is 11.4. The first-order valence-electron chi connectivity index (χ1n) is 14.2. The topological polar surface area (TPSA) is 75.0 Å². The number of aromatic nitrogens is 5. The Morgan fingerprint density at radius 2 is 1.82 bits per heavy atom. The molecule has 0 aliphatic rings. The lowest BCUT2D eigenvalue weighted by atomic mass is 10.0. The molecule has 216 valence electrons. The molecule has 3 heterocycles. The maximum absolute atomic E-state index is 4.70. The van der Waals surface area contributed by atoms with E-state index in [1.54, 1.807) is 0 Å². The van der Waals surface area contributed by atoms with Crippen LogP contribution < -0.4 is 10.6 Å². The standard InChI is InChI=1S/C31H47N8P/c1-10-13-37(9)19-22(6)38(12-3)20-25-16-33-31(34-17-25)36-30-15-27(29(40)18-32-30)26(11-2)14-28-23(7)35-24(8)39(28)21(4)5/h11,14-18,21-22H,2,10,12-13,19-20,40H2,1,3-9H3,(H,32,33,34,36)/b26-14+. The van der Waals surface area contributed by atoms with Gasteiger partial charge >= 0.3 is 0 Å². The minimum Gasteiger partial charge on any atom is -0.326 e. The molecular weight excluding hydrogens is 515 g/mol. The van der Waals surface area contributed by atoms with Crippen LogP contribution >= 0.6 is 9.24 Å². The second-order valence-electron chi connectivity index (χ2n) is 10.8. The third-order valence-electron chi connectivity index (χ3n) is 7.12. The lowest BCUT2D eigenvalue weighted by molar-refractivity contribution is 0.162. The third kappa shape index (κ3) is 8.06. The largest absolute Gasteiger partial charge is 0.326 e. The maximum Gasteiger partial charge on any atom is 0.228 e. The van der Waals surface area contributed by atoms with E-state index in [1.165, 1.54) is 6.42 Å². The molecule has 0 saturated carbocycles. The minimum absolute atomic E-state index is 0.304. The van der Waals surface area contributed by atoms with E-state index in [-0.39, 0.29) is 0 Å². The molecule has 9 heteroatoms. The molecule has 0 aliphatic heterocycles. The van der Waals surface area contributed by atoms with Crippen molar-refractivity contribution in [2.24, 2.45) is 0 Å². The number of likely N-dealkylation sites (N-methyl/N-ethyl adjacent to an activating group) is 2. The molecule has 0 spiro atoms. The molecule has 3 rings (SSSR count). The predicted octanol–water partition coefficient (Wildman–Crippen LogP) is 5.79.